The van der Waals surface area contributed by atoms with E-state index in [0.717, 1.165) is 16.8 Å². The van der Waals surface area contributed by atoms with E-state index in [9.17, 15) is 9.18 Å². The van der Waals surface area contributed by atoms with Crippen LogP contribution in [0.2, 0.25) is 0 Å². The fourth-order valence-corrected chi connectivity index (χ4v) is 3.32. The molecular formula is C14H9FN2O2S2. The summed E-state index contributed by atoms with van der Waals surface area (Å²) in [5, 5.41) is 8.22. The second-order valence-corrected chi connectivity index (χ2v) is 6.52. The third kappa shape index (κ3) is 3.03. The van der Waals surface area contributed by atoms with Crippen LogP contribution in [-0.2, 0) is 0 Å². The lowest BCUT2D eigenvalue weighted by Crippen LogP contribution is -1.89. The average Bonchev–Trinajstić information content (AvgIpc) is 3.09. The number of hydrogen-bond donors (Lipinski definition) is 0. The molecule has 0 amide bonds. The van der Waals surface area contributed by atoms with Crippen LogP contribution in [0.15, 0.2) is 45.2 Å². The van der Waals surface area contributed by atoms with Crippen LogP contribution >= 0.6 is 23.1 Å². The van der Waals surface area contributed by atoms with Crippen molar-refractivity contribution in [3.05, 3.63) is 53.0 Å². The predicted octanol–water partition coefficient (Wildman–Crippen LogP) is 4.18. The number of halogens is 1. The summed E-state index contributed by atoms with van der Waals surface area (Å²) in [5.41, 5.74) is 0.327. The Kier molecular flexibility index (Phi) is 3.85. The number of carbonyl (C=O) groups excluding carboxylic acids is 1. The van der Waals surface area contributed by atoms with E-state index in [2.05, 4.69) is 10.2 Å². The highest BCUT2D eigenvalue weighted by atomic mass is 32.2. The third-order valence-corrected chi connectivity index (χ3v) is 4.41. The van der Waals surface area contributed by atoms with Crippen molar-refractivity contribution < 1.29 is 13.6 Å². The monoisotopic (exact) mass is 320 g/mol. The summed E-state index contributed by atoms with van der Waals surface area (Å²) in [6.45, 7) is 1.81. The van der Waals surface area contributed by atoms with Gasteiger partial charge in [-0.3, -0.25) is 4.79 Å². The molecule has 0 aliphatic carbocycles. The molecule has 2 heterocycles. The summed E-state index contributed by atoms with van der Waals surface area (Å²) < 4.78 is 19.7. The number of aryl methyl sites for hydroxylation is 1. The standard InChI is InChI=1S/C14H9FN2O2S2/c1-8-16-17-14(20-8)21-13(18)12-7-6-11(19-12)9-4-2-3-5-10(9)15/h2-7H,1H3. The molecule has 3 aromatic rings. The fourth-order valence-electron chi connectivity index (χ4n) is 1.70. The predicted molar refractivity (Wildman–Crippen MR) is 78.9 cm³/mol. The molecule has 0 atom stereocenters. The van der Waals surface area contributed by atoms with Crippen LogP contribution in [-0.4, -0.2) is 15.3 Å². The number of rotatable bonds is 3. The molecule has 1 aromatic carbocycles. The van der Waals surface area contributed by atoms with Gasteiger partial charge in [-0.1, -0.05) is 23.5 Å². The topological polar surface area (TPSA) is 56.0 Å². The van der Waals surface area contributed by atoms with E-state index < -0.39 is 5.82 Å². The normalized spacial score (nSPS) is 10.8. The first kappa shape index (κ1) is 14.0. The lowest BCUT2D eigenvalue weighted by atomic mass is 10.1. The molecule has 0 aliphatic rings. The Hall–Kier alpha value is -1.99. The van der Waals surface area contributed by atoms with E-state index in [1.165, 1.54) is 23.5 Å². The van der Waals surface area contributed by atoms with Crippen LogP contribution in [0.5, 0.6) is 0 Å². The molecule has 0 aliphatic heterocycles. The van der Waals surface area contributed by atoms with Gasteiger partial charge in [-0.25, -0.2) is 4.39 Å². The smallest absolute Gasteiger partial charge is 0.261 e. The molecule has 2 aromatic heterocycles. The Bertz CT molecular complexity index is 798. The Morgan fingerprint density at radius 1 is 1.24 bits per heavy atom. The number of nitrogens with zero attached hydrogens (tertiary/aromatic N) is 2. The van der Waals surface area contributed by atoms with E-state index >= 15 is 0 Å². The van der Waals surface area contributed by atoms with E-state index in [4.69, 9.17) is 4.42 Å². The van der Waals surface area contributed by atoms with Gasteiger partial charge in [-0.05, 0) is 43.0 Å². The van der Waals surface area contributed by atoms with Crippen molar-refractivity contribution in [2.45, 2.75) is 11.3 Å². The number of benzene rings is 1. The third-order valence-electron chi connectivity index (χ3n) is 2.63. The van der Waals surface area contributed by atoms with Crippen molar-refractivity contribution in [1.82, 2.24) is 10.2 Å². The molecule has 0 spiro atoms. The van der Waals surface area contributed by atoms with Crippen molar-refractivity contribution in [3.8, 4) is 11.3 Å². The van der Waals surface area contributed by atoms with Crippen molar-refractivity contribution in [3.63, 3.8) is 0 Å². The minimum Gasteiger partial charge on any atom is -0.452 e. The molecule has 7 heteroatoms. The first-order valence-corrected chi connectivity index (χ1v) is 7.64. The van der Waals surface area contributed by atoms with Gasteiger partial charge in [-0.2, -0.15) is 0 Å². The summed E-state index contributed by atoms with van der Waals surface area (Å²) in [5.74, 6) is 0.0925. The first-order valence-electron chi connectivity index (χ1n) is 6.00. The highest BCUT2D eigenvalue weighted by molar-refractivity contribution is 8.15. The van der Waals surface area contributed by atoms with E-state index in [1.54, 1.807) is 24.3 Å². The van der Waals surface area contributed by atoms with E-state index in [-0.39, 0.29) is 10.9 Å². The average molecular weight is 320 g/mol. The number of carbonyl (C=O) groups is 1. The number of aromatic nitrogens is 2. The van der Waals surface area contributed by atoms with Gasteiger partial charge in [-0.15, -0.1) is 10.2 Å². The zero-order valence-corrected chi connectivity index (χ0v) is 12.5. The van der Waals surface area contributed by atoms with Crippen LogP contribution < -0.4 is 0 Å². The Morgan fingerprint density at radius 2 is 2.05 bits per heavy atom. The molecule has 106 valence electrons. The summed E-state index contributed by atoms with van der Waals surface area (Å²) in [6, 6.07) is 9.37. The molecule has 0 radical (unpaired) electrons. The minimum absolute atomic E-state index is 0.158. The molecule has 3 rings (SSSR count). The molecule has 0 saturated heterocycles. The maximum absolute atomic E-state index is 13.7. The lowest BCUT2D eigenvalue weighted by Gasteiger charge is -1.98. The lowest BCUT2D eigenvalue weighted by molar-refractivity contribution is 0.106. The molecule has 0 fully saturated rings. The van der Waals surface area contributed by atoms with Crippen LogP contribution in [0, 0.1) is 12.7 Å². The van der Waals surface area contributed by atoms with Gasteiger partial charge < -0.3 is 4.42 Å². The molecule has 0 bridgehead atoms. The Morgan fingerprint density at radius 3 is 2.76 bits per heavy atom. The van der Waals surface area contributed by atoms with Crippen molar-refractivity contribution in [1.29, 1.82) is 0 Å². The summed E-state index contributed by atoms with van der Waals surface area (Å²) in [7, 11) is 0. The zero-order chi connectivity index (χ0) is 14.8. The maximum Gasteiger partial charge on any atom is 0.261 e. The maximum atomic E-state index is 13.7. The van der Waals surface area contributed by atoms with Gasteiger partial charge in [0.15, 0.2) is 10.1 Å². The second-order valence-electron chi connectivity index (χ2n) is 4.12. The van der Waals surface area contributed by atoms with E-state index in [1.807, 2.05) is 6.92 Å². The van der Waals surface area contributed by atoms with Gasteiger partial charge >= 0.3 is 0 Å². The van der Waals surface area contributed by atoms with Crippen LogP contribution in [0.1, 0.15) is 15.6 Å². The largest absolute Gasteiger partial charge is 0.452 e. The summed E-state index contributed by atoms with van der Waals surface area (Å²) >= 11 is 2.28. The number of hydrogen-bond acceptors (Lipinski definition) is 6. The van der Waals surface area contributed by atoms with E-state index in [0.29, 0.717) is 15.7 Å². The molecule has 0 unspecified atom stereocenters. The molecular weight excluding hydrogens is 311 g/mol. The zero-order valence-electron chi connectivity index (χ0n) is 10.9. The van der Waals surface area contributed by atoms with Crippen LogP contribution in [0.4, 0.5) is 4.39 Å². The molecule has 4 nitrogen and oxygen atoms in total. The Balaban J connectivity index is 1.82. The molecule has 21 heavy (non-hydrogen) atoms. The van der Waals surface area contributed by atoms with Crippen LogP contribution in [0.3, 0.4) is 0 Å². The van der Waals surface area contributed by atoms with Crippen molar-refractivity contribution in [2.24, 2.45) is 0 Å². The SMILES string of the molecule is Cc1nnc(SC(=O)c2ccc(-c3ccccc3F)o2)s1. The highest BCUT2D eigenvalue weighted by Crippen LogP contribution is 2.29. The van der Waals surface area contributed by atoms with Gasteiger partial charge in [0, 0.05) is 0 Å². The van der Waals surface area contributed by atoms with Crippen molar-refractivity contribution in [2.75, 3.05) is 0 Å². The Labute approximate surface area is 128 Å². The van der Waals surface area contributed by atoms with Gasteiger partial charge in [0.2, 0.25) is 0 Å². The van der Waals surface area contributed by atoms with Crippen molar-refractivity contribution >= 4 is 28.2 Å². The summed E-state index contributed by atoms with van der Waals surface area (Å²) in [4.78, 5) is 12.1. The highest BCUT2D eigenvalue weighted by Gasteiger charge is 2.17. The molecule has 0 saturated carbocycles. The summed E-state index contributed by atoms with van der Waals surface area (Å²) in [6.07, 6.45) is 0. The number of thioether (sulfide) groups is 1. The minimum atomic E-state index is -0.391. The molecule has 0 N–H and O–H groups in total. The van der Waals surface area contributed by atoms with Crippen LogP contribution in [0.25, 0.3) is 11.3 Å². The first-order chi connectivity index (χ1) is 10.1. The van der Waals surface area contributed by atoms with Gasteiger partial charge in [0.1, 0.15) is 16.6 Å². The second kappa shape index (κ2) is 5.79. The fraction of sp³-hybridized carbons (Fsp3) is 0.0714. The number of furan rings is 1. The van der Waals surface area contributed by atoms with Gasteiger partial charge in [0.05, 0.1) is 5.56 Å². The van der Waals surface area contributed by atoms with Gasteiger partial charge in [0.25, 0.3) is 5.12 Å². The quantitative estimate of drug-likeness (QED) is 0.678.